The van der Waals surface area contributed by atoms with Gasteiger partial charge in [0.1, 0.15) is 23.5 Å². The molecule has 35 heavy (non-hydrogen) atoms. The molecule has 1 aliphatic heterocycles. The number of nitrogens with one attached hydrogen (secondary N) is 2. The molecule has 0 unspecified atom stereocenters. The third kappa shape index (κ3) is 5.37. The molecule has 1 aromatic heterocycles. The first kappa shape index (κ1) is 24.5. The van der Waals surface area contributed by atoms with E-state index in [0.29, 0.717) is 11.1 Å². The van der Waals surface area contributed by atoms with E-state index in [-0.39, 0.29) is 29.5 Å². The first-order chi connectivity index (χ1) is 16.6. The van der Waals surface area contributed by atoms with Crippen molar-refractivity contribution in [1.29, 1.82) is 5.26 Å². The maximum atomic E-state index is 14.8. The Morgan fingerprint density at radius 1 is 1.26 bits per heavy atom. The van der Waals surface area contributed by atoms with E-state index in [1.165, 1.54) is 23.2 Å². The monoisotopic (exact) mass is 480 g/mol. The van der Waals surface area contributed by atoms with E-state index in [9.17, 15) is 24.0 Å². The smallest absolute Gasteiger partial charge is 0.411 e. The van der Waals surface area contributed by atoms with Crippen LogP contribution in [0.25, 0.3) is 11.1 Å². The highest BCUT2D eigenvalue weighted by Crippen LogP contribution is 2.43. The van der Waals surface area contributed by atoms with Crippen LogP contribution < -0.4 is 10.9 Å². The van der Waals surface area contributed by atoms with E-state index in [0.717, 1.165) is 19.3 Å². The van der Waals surface area contributed by atoms with Crippen molar-refractivity contribution in [1.82, 2.24) is 15.2 Å². The minimum Gasteiger partial charge on any atom is -0.444 e. The molecule has 1 aromatic carbocycles. The summed E-state index contributed by atoms with van der Waals surface area (Å²) in [6.45, 7) is 5.32. The number of aromatic nitrogens is 1. The largest absolute Gasteiger partial charge is 0.444 e. The lowest BCUT2D eigenvalue weighted by atomic mass is 9.97. The van der Waals surface area contributed by atoms with Gasteiger partial charge in [0.15, 0.2) is 0 Å². The number of carbonyl (C=O) groups is 2. The number of rotatable bonds is 5. The summed E-state index contributed by atoms with van der Waals surface area (Å²) in [7, 11) is 0. The fraction of sp³-hybridized carbons (Fsp3) is 0.462. The van der Waals surface area contributed by atoms with Gasteiger partial charge in [-0.15, -0.1) is 0 Å². The van der Waals surface area contributed by atoms with E-state index in [4.69, 9.17) is 4.74 Å². The highest BCUT2D eigenvalue weighted by atomic mass is 19.1. The van der Waals surface area contributed by atoms with Gasteiger partial charge in [-0.3, -0.25) is 14.5 Å². The molecule has 4 atom stereocenters. The van der Waals surface area contributed by atoms with Gasteiger partial charge in [0.05, 0.1) is 6.07 Å². The Kier molecular flexibility index (Phi) is 6.66. The third-order valence-corrected chi connectivity index (χ3v) is 6.52. The number of piperidine rings is 1. The minimum absolute atomic E-state index is 0.0110. The normalized spacial score (nSPS) is 21.9. The van der Waals surface area contributed by atoms with E-state index >= 15 is 0 Å². The second-order valence-electron chi connectivity index (χ2n) is 10.2. The van der Waals surface area contributed by atoms with E-state index in [2.05, 4.69) is 10.3 Å². The minimum atomic E-state index is -0.970. The van der Waals surface area contributed by atoms with Crippen LogP contribution in [0.5, 0.6) is 0 Å². The highest BCUT2D eigenvalue weighted by molar-refractivity contribution is 5.87. The number of hydrogen-bond donors (Lipinski definition) is 2. The Morgan fingerprint density at radius 3 is 2.66 bits per heavy atom. The number of pyridine rings is 1. The number of nitriles is 1. The number of benzene rings is 1. The predicted molar refractivity (Wildman–Crippen MR) is 127 cm³/mol. The fourth-order valence-corrected chi connectivity index (χ4v) is 5.03. The van der Waals surface area contributed by atoms with Gasteiger partial charge < -0.3 is 15.0 Å². The molecule has 184 valence electrons. The molecule has 1 aliphatic carbocycles. The summed E-state index contributed by atoms with van der Waals surface area (Å²) in [6, 6.07) is 7.87. The molecule has 2 aliphatic rings. The van der Waals surface area contributed by atoms with Crippen LogP contribution in [0.1, 0.15) is 45.6 Å². The molecule has 8 nitrogen and oxygen atoms in total. The van der Waals surface area contributed by atoms with Gasteiger partial charge in [-0.2, -0.15) is 5.26 Å². The van der Waals surface area contributed by atoms with Crippen LogP contribution in [-0.2, 0) is 16.0 Å². The van der Waals surface area contributed by atoms with E-state index in [1.54, 1.807) is 39.0 Å². The number of likely N-dealkylation sites (tertiary alicyclic amines) is 1. The Balaban J connectivity index is 1.46. The lowest BCUT2D eigenvalue weighted by molar-refractivity contribution is -0.128. The predicted octanol–water partition coefficient (Wildman–Crippen LogP) is 3.52. The second kappa shape index (κ2) is 9.53. The van der Waals surface area contributed by atoms with Crippen molar-refractivity contribution >= 4 is 12.0 Å². The Hall–Kier alpha value is -3.67. The Bertz CT molecular complexity index is 1230. The molecule has 2 fully saturated rings. The first-order valence-corrected chi connectivity index (χ1v) is 11.7. The number of carbonyl (C=O) groups excluding carboxylic acids is 2. The molecule has 0 spiro atoms. The number of fused-ring (bicyclic) bond motifs is 2. The van der Waals surface area contributed by atoms with Gasteiger partial charge in [0.2, 0.25) is 11.5 Å². The Labute approximate surface area is 203 Å². The van der Waals surface area contributed by atoms with Crippen molar-refractivity contribution in [3.63, 3.8) is 0 Å². The standard InChI is InChI=1S/C26H29FN4O4/c1-26(2,3)35-25(34)31-20-7-6-18(11-20)23(31)24(33)30-19(14-28)10-17-5-4-15(12-21(17)27)16-8-9-29-22(32)13-16/h4-5,8-9,12-13,18-20,23H,6-7,10-11H2,1-3H3,(H,29,32)(H,30,33)/t18-,19-,20+,23-/m0/s1. The van der Waals surface area contributed by atoms with E-state index in [1.807, 2.05) is 6.07 Å². The summed E-state index contributed by atoms with van der Waals surface area (Å²) in [5.74, 6) is -0.945. The SMILES string of the molecule is CC(C)(C)OC(=O)N1[C@@H]2CC[C@@H](C2)[C@H]1C(=O)N[C@H](C#N)Cc1ccc(-c2cc[nH]c(=O)c2)cc1F. The maximum Gasteiger partial charge on any atom is 0.411 e. The highest BCUT2D eigenvalue weighted by Gasteiger charge is 2.52. The van der Waals surface area contributed by atoms with Gasteiger partial charge in [-0.25, -0.2) is 9.18 Å². The number of halogens is 1. The van der Waals surface area contributed by atoms with Gasteiger partial charge in [-0.05, 0) is 74.8 Å². The van der Waals surface area contributed by atoms with Crippen LogP contribution in [0.2, 0.25) is 0 Å². The van der Waals surface area contributed by atoms with Crippen molar-refractivity contribution in [3.05, 3.63) is 58.3 Å². The number of nitrogens with zero attached hydrogens (tertiary/aromatic N) is 2. The van der Waals surface area contributed by atoms with Crippen LogP contribution >= 0.6 is 0 Å². The van der Waals surface area contributed by atoms with Crippen molar-refractivity contribution in [2.24, 2.45) is 5.92 Å². The van der Waals surface area contributed by atoms with Gasteiger partial charge in [0, 0.05) is 24.7 Å². The number of hydrogen-bond acceptors (Lipinski definition) is 5. The maximum absolute atomic E-state index is 14.8. The van der Waals surface area contributed by atoms with Crippen LogP contribution in [0.4, 0.5) is 9.18 Å². The molecule has 2 amide bonds. The van der Waals surface area contributed by atoms with Crippen molar-refractivity contribution in [2.45, 2.75) is 70.2 Å². The van der Waals surface area contributed by atoms with Crippen LogP contribution in [-0.4, -0.2) is 45.6 Å². The van der Waals surface area contributed by atoms with Crippen LogP contribution in [0.3, 0.4) is 0 Å². The zero-order valence-corrected chi connectivity index (χ0v) is 20.0. The number of H-pyrrole nitrogens is 1. The summed E-state index contributed by atoms with van der Waals surface area (Å²) in [4.78, 5) is 41.6. The van der Waals surface area contributed by atoms with Gasteiger partial charge in [0.25, 0.3) is 0 Å². The molecule has 2 bridgehead atoms. The third-order valence-electron chi connectivity index (χ3n) is 6.52. The average Bonchev–Trinajstić information content (AvgIpc) is 3.40. The second-order valence-corrected chi connectivity index (χ2v) is 10.2. The summed E-state index contributed by atoms with van der Waals surface area (Å²) in [5, 5.41) is 12.4. The molecular weight excluding hydrogens is 451 g/mol. The quantitative estimate of drug-likeness (QED) is 0.680. The van der Waals surface area contributed by atoms with Crippen LogP contribution in [0.15, 0.2) is 41.3 Å². The van der Waals surface area contributed by atoms with Gasteiger partial charge in [-0.1, -0.05) is 12.1 Å². The lowest BCUT2D eigenvalue weighted by Gasteiger charge is -2.35. The summed E-state index contributed by atoms with van der Waals surface area (Å²) in [6.07, 6.45) is 3.31. The van der Waals surface area contributed by atoms with Crippen LogP contribution in [0, 0.1) is 23.1 Å². The number of ether oxygens (including phenoxy) is 1. The zero-order valence-electron chi connectivity index (χ0n) is 20.0. The Morgan fingerprint density at radius 2 is 2.00 bits per heavy atom. The first-order valence-electron chi connectivity index (χ1n) is 11.7. The molecule has 0 radical (unpaired) electrons. The molecule has 4 rings (SSSR count). The molecular formula is C26H29FN4O4. The summed E-state index contributed by atoms with van der Waals surface area (Å²) < 4.78 is 20.4. The molecule has 1 saturated heterocycles. The zero-order chi connectivity index (χ0) is 25.3. The number of amides is 2. The van der Waals surface area contributed by atoms with Crippen molar-refractivity contribution < 1.29 is 18.7 Å². The van der Waals surface area contributed by atoms with Gasteiger partial charge >= 0.3 is 6.09 Å². The fourth-order valence-electron chi connectivity index (χ4n) is 5.03. The molecule has 2 N–H and O–H groups in total. The topological polar surface area (TPSA) is 115 Å². The van der Waals surface area contributed by atoms with Crippen molar-refractivity contribution in [3.8, 4) is 17.2 Å². The lowest BCUT2D eigenvalue weighted by Crippen LogP contribution is -2.55. The average molecular weight is 481 g/mol. The van der Waals surface area contributed by atoms with Crippen molar-refractivity contribution in [2.75, 3.05) is 0 Å². The molecule has 2 aromatic rings. The molecule has 1 saturated carbocycles. The van der Waals surface area contributed by atoms with E-state index < -0.39 is 35.5 Å². The molecule has 9 heteroatoms. The summed E-state index contributed by atoms with van der Waals surface area (Å²) in [5.41, 5.74) is 0.391. The summed E-state index contributed by atoms with van der Waals surface area (Å²) >= 11 is 0. The number of aromatic amines is 1. The molecule has 2 heterocycles.